The number of hydrogen-bond donors (Lipinski definition) is 1. The van der Waals surface area contributed by atoms with Crippen molar-refractivity contribution in [2.45, 2.75) is 26.1 Å². The summed E-state index contributed by atoms with van der Waals surface area (Å²) in [7, 11) is 0. The van der Waals surface area contributed by atoms with Gasteiger partial charge in [-0.1, -0.05) is 35.9 Å². The van der Waals surface area contributed by atoms with Crippen LogP contribution in [0.4, 0.5) is 23.2 Å². The van der Waals surface area contributed by atoms with Crippen molar-refractivity contribution in [3.05, 3.63) is 106 Å². The van der Waals surface area contributed by atoms with Crippen LogP contribution in [0.1, 0.15) is 33.9 Å². The minimum absolute atomic E-state index is 0.0385. The summed E-state index contributed by atoms with van der Waals surface area (Å²) in [5.74, 6) is -3.37. The van der Waals surface area contributed by atoms with E-state index in [4.69, 9.17) is 0 Å². The van der Waals surface area contributed by atoms with Gasteiger partial charge in [0.1, 0.15) is 11.6 Å². The third kappa shape index (κ3) is 3.96. The number of benzene rings is 3. The van der Waals surface area contributed by atoms with Crippen molar-refractivity contribution in [3.8, 4) is 0 Å². The first-order valence-electron chi connectivity index (χ1n) is 10.3. The van der Waals surface area contributed by atoms with E-state index in [2.05, 4.69) is 0 Å². The number of rotatable bonds is 3. The zero-order valence-electron chi connectivity index (χ0n) is 18.2. The van der Waals surface area contributed by atoms with Gasteiger partial charge in [0, 0.05) is 16.8 Å². The van der Waals surface area contributed by atoms with E-state index < -0.39 is 41.0 Å². The Morgan fingerprint density at radius 3 is 2.21 bits per heavy atom. The molecule has 1 saturated heterocycles. The van der Waals surface area contributed by atoms with Gasteiger partial charge in [-0.2, -0.15) is 13.2 Å². The molecule has 0 bridgehead atoms. The summed E-state index contributed by atoms with van der Waals surface area (Å²) in [4.78, 5) is 27.1. The number of carbonyl (C=O) groups excluding carboxylic acids is 2. The van der Waals surface area contributed by atoms with Crippen LogP contribution in [-0.4, -0.2) is 16.8 Å². The van der Waals surface area contributed by atoms with Gasteiger partial charge in [0.15, 0.2) is 0 Å². The number of aryl methyl sites for hydroxylation is 2. The molecule has 1 heterocycles. The maximum atomic E-state index is 14.9. The number of alkyl halides is 3. The Bertz CT molecular complexity index is 1330. The standard InChI is InChI=1S/C26H19F4NO3/c1-14-7-8-15(2)19(13-14)23(32)21-22(18-5-3-4-6-20(18)27)31(25(34)24(21)33)17-11-9-16(10-12-17)26(28,29)30/h3-13,22,32H,1-2H3/b23-21+. The third-order valence-corrected chi connectivity index (χ3v) is 5.77. The Hall–Kier alpha value is -3.94. The van der Waals surface area contributed by atoms with Crippen molar-refractivity contribution in [3.63, 3.8) is 0 Å². The minimum Gasteiger partial charge on any atom is -0.507 e. The average Bonchev–Trinajstić information content (AvgIpc) is 3.05. The number of aliphatic hydroxyl groups excluding tert-OH is 1. The molecule has 0 aromatic heterocycles. The fraction of sp³-hybridized carbons (Fsp3) is 0.154. The smallest absolute Gasteiger partial charge is 0.416 e. The lowest BCUT2D eigenvalue weighted by Crippen LogP contribution is -2.30. The fourth-order valence-corrected chi connectivity index (χ4v) is 4.04. The van der Waals surface area contributed by atoms with Crippen molar-refractivity contribution in [2.75, 3.05) is 4.90 Å². The van der Waals surface area contributed by atoms with Crippen LogP contribution < -0.4 is 4.90 Å². The van der Waals surface area contributed by atoms with Gasteiger partial charge in [0.25, 0.3) is 11.7 Å². The maximum absolute atomic E-state index is 14.9. The van der Waals surface area contributed by atoms with E-state index in [1.54, 1.807) is 32.0 Å². The Morgan fingerprint density at radius 1 is 0.941 bits per heavy atom. The van der Waals surface area contributed by atoms with Gasteiger partial charge >= 0.3 is 6.18 Å². The van der Waals surface area contributed by atoms with Crippen molar-refractivity contribution in [1.82, 2.24) is 0 Å². The summed E-state index contributed by atoms with van der Waals surface area (Å²) >= 11 is 0. The number of carbonyl (C=O) groups is 2. The molecule has 0 radical (unpaired) electrons. The zero-order chi connectivity index (χ0) is 24.8. The van der Waals surface area contributed by atoms with Gasteiger partial charge in [0.05, 0.1) is 17.2 Å². The lowest BCUT2D eigenvalue weighted by atomic mass is 9.93. The molecule has 1 aliphatic heterocycles. The predicted molar refractivity (Wildman–Crippen MR) is 119 cm³/mol. The largest absolute Gasteiger partial charge is 0.507 e. The summed E-state index contributed by atoms with van der Waals surface area (Å²) in [5.41, 5.74) is 0.306. The number of Topliss-reactive ketones (excluding diaryl/α,β-unsaturated/α-hetero) is 1. The second-order valence-corrected chi connectivity index (χ2v) is 8.05. The summed E-state index contributed by atoms with van der Waals surface area (Å²) in [6.07, 6.45) is -4.60. The molecule has 4 nitrogen and oxygen atoms in total. The van der Waals surface area contributed by atoms with Crippen molar-refractivity contribution in [1.29, 1.82) is 0 Å². The summed E-state index contributed by atoms with van der Waals surface area (Å²) < 4.78 is 54.0. The third-order valence-electron chi connectivity index (χ3n) is 5.77. The molecule has 1 fully saturated rings. The lowest BCUT2D eigenvalue weighted by Gasteiger charge is -2.26. The van der Waals surface area contributed by atoms with Crippen LogP contribution >= 0.6 is 0 Å². The Kier molecular flexibility index (Phi) is 5.77. The summed E-state index contributed by atoms with van der Waals surface area (Å²) in [5, 5.41) is 11.2. The minimum atomic E-state index is -4.60. The number of aliphatic hydroxyl groups is 1. The highest BCUT2D eigenvalue weighted by Crippen LogP contribution is 2.43. The first-order valence-corrected chi connectivity index (χ1v) is 10.3. The summed E-state index contributed by atoms with van der Waals surface area (Å²) in [6, 6.07) is 12.9. The molecule has 0 saturated carbocycles. The van der Waals surface area contributed by atoms with E-state index in [1.165, 1.54) is 18.2 Å². The molecular formula is C26H19F4NO3. The maximum Gasteiger partial charge on any atom is 0.416 e. The SMILES string of the molecule is Cc1ccc(C)c(/C(O)=C2\C(=O)C(=O)N(c3ccc(C(F)(F)F)cc3)C2c2ccccc2F)c1. The molecule has 4 rings (SSSR count). The van der Waals surface area contributed by atoms with Gasteiger partial charge < -0.3 is 5.11 Å². The Balaban J connectivity index is 1.96. The molecule has 1 amide bonds. The van der Waals surface area contributed by atoms with Crippen LogP contribution in [0.3, 0.4) is 0 Å². The highest BCUT2D eigenvalue weighted by atomic mass is 19.4. The molecule has 0 aliphatic carbocycles. The number of amides is 1. The van der Waals surface area contributed by atoms with Crippen molar-refractivity contribution >= 4 is 23.1 Å². The molecule has 174 valence electrons. The molecule has 1 N–H and O–H groups in total. The first kappa shape index (κ1) is 23.2. The fourth-order valence-electron chi connectivity index (χ4n) is 4.04. The number of hydrogen-bond acceptors (Lipinski definition) is 3. The molecule has 8 heteroatoms. The molecule has 1 unspecified atom stereocenters. The van der Waals surface area contributed by atoms with Gasteiger partial charge in [-0.3, -0.25) is 14.5 Å². The number of nitrogens with zero attached hydrogens (tertiary/aromatic N) is 1. The van der Waals surface area contributed by atoms with E-state index in [9.17, 15) is 32.3 Å². The highest BCUT2D eigenvalue weighted by molar-refractivity contribution is 6.51. The molecule has 3 aromatic carbocycles. The van der Waals surface area contributed by atoms with Crippen molar-refractivity contribution < 1.29 is 32.3 Å². The van der Waals surface area contributed by atoms with E-state index in [-0.39, 0.29) is 16.8 Å². The van der Waals surface area contributed by atoms with E-state index in [1.807, 2.05) is 0 Å². The number of anilines is 1. The zero-order valence-corrected chi connectivity index (χ0v) is 18.2. The number of halogens is 4. The lowest BCUT2D eigenvalue weighted by molar-refractivity contribution is -0.137. The van der Waals surface area contributed by atoms with Crippen LogP contribution in [0, 0.1) is 19.7 Å². The molecule has 1 atom stereocenters. The monoisotopic (exact) mass is 469 g/mol. The van der Waals surface area contributed by atoms with Crippen LogP contribution in [0.5, 0.6) is 0 Å². The first-order chi connectivity index (χ1) is 16.0. The van der Waals surface area contributed by atoms with Gasteiger partial charge in [-0.05, 0) is 55.8 Å². The topological polar surface area (TPSA) is 57.6 Å². The predicted octanol–water partition coefficient (Wildman–Crippen LogP) is 6.09. The van der Waals surface area contributed by atoms with E-state index in [0.717, 1.165) is 40.8 Å². The van der Waals surface area contributed by atoms with Crippen molar-refractivity contribution in [2.24, 2.45) is 0 Å². The molecule has 0 spiro atoms. The van der Waals surface area contributed by atoms with Gasteiger partial charge in [0.2, 0.25) is 0 Å². The van der Waals surface area contributed by atoms with Gasteiger partial charge in [-0.15, -0.1) is 0 Å². The van der Waals surface area contributed by atoms with E-state index in [0.29, 0.717) is 11.1 Å². The van der Waals surface area contributed by atoms with Crippen LogP contribution in [-0.2, 0) is 15.8 Å². The second kappa shape index (κ2) is 8.44. The normalized spacial score (nSPS) is 17.9. The average molecular weight is 469 g/mol. The van der Waals surface area contributed by atoms with Crippen LogP contribution in [0.2, 0.25) is 0 Å². The van der Waals surface area contributed by atoms with Crippen LogP contribution in [0.25, 0.3) is 5.76 Å². The quantitative estimate of drug-likeness (QED) is 0.219. The summed E-state index contributed by atoms with van der Waals surface area (Å²) in [6.45, 7) is 3.49. The number of ketones is 1. The molecular weight excluding hydrogens is 450 g/mol. The highest BCUT2D eigenvalue weighted by Gasteiger charge is 2.48. The van der Waals surface area contributed by atoms with E-state index >= 15 is 0 Å². The second-order valence-electron chi connectivity index (χ2n) is 8.05. The Morgan fingerprint density at radius 2 is 1.59 bits per heavy atom. The van der Waals surface area contributed by atoms with Crippen LogP contribution in [0.15, 0.2) is 72.3 Å². The molecule has 1 aliphatic rings. The molecule has 3 aromatic rings. The molecule has 34 heavy (non-hydrogen) atoms. The Labute approximate surface area is 192 Å². The van der Waals surface area contributed by atoms with Gasteiger partial charge in [-0.25, -0.2) is 4.39 Å².